The summed E-state index contributed by atoms with van der Waals surface area (Å²) in [5, 5.41) is 4.09. The lowest BCUT2D eigenvalue weighted by molar-refractivity contribution is 0.242. The molecule has 22 heavy (non-hydrogen) atoms. The standard InChI is InChI=1S/C17H23N3O2/c1-12(2)21-14-7-5-6-13(10-14)11-15-19-16(20-22-15)17(18)8-3-4-9-17/h5-7,10,12H,3-4,8-9,11,18H2,1-2H3. The highest BCUT2D eigenvalue weighted by molar-refractivity contribution is 5.30. The van der Waals surface area contributed by atoms with Gasteiger partial charge in [-0.2, -0.15) is 4.98 Å². The first-order valence-electron chi connectivity index (χ1n) is 7.93. The number of aromatic nitrogens is 2. The third kappa shape index (κ3) is 3.30. The van der Waals surface area contributed by atoms with Gasteiger partial charge in [-0.1, -0.05) is 30.1 Å². The molecule has 0 bridgehead atoms. The quantitative estimate of drug-likeness (QED) is 0.918. The Hall–Kier alpha value is -1.88. The molecular formula is C17H23N3O2. The van der Waals surface area contributed by atoms with E-state index in [1.165, 1.54) is 0 Å². The summed E-state index contributed by atoms with van der Waals surface area (Å²) < 4.78 is 11.1. The molecule has 118 valence electrons. The maximum absolute atomic E-state index is 6.36. The molecule has 1 aliphatic carbocycles. The van der Waals surface area contributed by atoms with Crippen molar-refractivity contribution in [3.63, 3.8) is 0 Å². The monoisotopic (exact) mass is 301 g/mol. The Kier molecular flexibility index (Phi) is 4.16. The molecule has 3 rings (SSSR count). The second-order valence-corrected chi connectivity index (χ2v) is 6.37. The fraction of sp³-hybridized carbons (Fsp3) is 0.529. The lowest BCUT2D eigenvalue weighted by Crippen LogP contribution is -2.34. The van der Waals surface area contributed by atoms with Crippen molar-refractivity contribution in [2.24, 2.45) is 5.73 Å². The predicted octanol–water partition coefficient (Wildman–Crippen LogP) is 3.18. The van der Waals surface area contributed by atoms with Crippen LogP contribution in [0.2, 0.25) is 0 Å². The first-order valence-corrected chi connectivity index (χ1v) is 7.93. The second-order valence-electron chi connectivity index (χ2n) is 6.37. The van der Waals surface area contributed by atoms with Crippen LogP contribution in [0.15, 0.2) is 28.8 Å². The van der Waals surface area contributed by atoms with Crippen molar-refractivity contribution in [1.29, 1.82) is 0 Å². The number of rotatable bonds is 5. The zero-order valence-corrected chi connectivity index (χ0v) is 13.2. The minimum atomic E-state index is -0.398. The van der Waals surface area contributed by atoms with E-state index in [1.54, 1.807) is 0 Å². The third-order valence-corrected chi connectivity index (χ3v) is 4.03. The van der Waals surface area contributed by atoms with Gasteiger partial charge in [0.05, 0.1) is 18.1 Å². The van der Waals surface area contributed by atoms with E-state index in [4.69, 9.17) is 15.0 Å². The molecule has 1 aromatic carbocycles. The Morgan fingerprint density at radius 3 is 2.82 bits per heavy atom. The maximum atomic E-state index is 6.36. The summed E-state index contributed by atoms with van der Waals surface area (Å²) in [6.45, 7) is 4.03. The normalized spacial score (nSPS) is 17.1. The number of hydrogen-bond donors (Lipinski definition) is 1. The van der Waals surface area contributed by atoms with E-state index in [9.17, 15) is 0 Å². The molecular weight excluding hydrogens is 278 g/mol. The number of nitrogens with zero attached hydrogens (tertiary/aromatic N) is 2. The molecule has 1 aromatic heterocycles. The predicted molar refractivity (Wildman–Crippen MR) is 83.6 cm³/mol. The fourth-order valence-corrected chi connectivity index (χ4v) is 2.93. The molecule has 2 aromatic rings. The third-order valence-electron chi connectivity index (χ3n) is 4.03. The van der Waals surface area contributed by atoms with Crippen molar-refractivity contribution >= 4 is 0 Å². The van der Waals surface area contributed by atoms with Crippen LogP contribution >= 0.6 is 0 Å². The molecule has 0 atom stereocenters. The van der Waals surface area contributed by atoms with Gasteiger partial charge in [-0.3, -0.25) is 0 Å². The molecule has 0 radical (unpaired) electrons. The van der Waals surface area contributed by atoms with Crippen LogP contribution in [0.5, 0.6) is 5.75 Å². The fourth-order valence-electron chi connectivity index (χ4n) is 2.93. The molecule has 1 saturated carbocycles. The molecule has 0 amide bonds. The van der Waals surface area contributed by atoms with Gasteiger partial charge in [-0.25, -0.2) is 0 Å². The van der Waals surface area contributed by atoms with Crippen LogP contribution in [0.25, 0.3) is 0 Å². The van der Waals surface area contributed by atoms with Crippen molar-refractivity contribution in [3.05, 3.63) is 41.5 Å². The molecule has 1 heterocycles. The van der Waals surface area contributed by atoms with Crippen LogP contribution in [-0.4, -0.2) is 16.2 Å². The van der Waals surface area contributed by atoms with Crippen molar-refractivity contribution in [2.75, 3.05) is 0 Å². The summed E-state index contributed by atoms with van der Waals surface area (Å²) in [6, 6.07) is 7.98. The zero-order valence-electron chi connectivity index (χ0n) is 13.2. The van der Waals surface area contributed by atoms with Gasteiger partial charge < -0.3 is 15.0 Å². The van der Waals surface area contributed by atoms with Gasteiger partial charge in [-0.05, 0) is 44.4 Å². The van der Waals surface area contributed by atoms with Crippen LogP contribution in [0.1, 0.15) is 56.8 Å². The number of nitrogens with two attached hydrogens (primary N) is 1. The van der Waals surface area contributed by atoms with Crippen LogP contribution in [0.3, 0.4) is 0 Å². The van der Waals surface area contributed by atoms with E-state index in [1.807, 2.05) is 38.1 Å². The summed E-state index contributed by atoms with van der Waals surface area (Å²) in [7, 11) is 0. The van der Waals surface area contributed by atoms with Crippen molar-refractivity contribution in [2.45, 2.75) is 57.6 Å². The maximum Gasteiger partial charge on any atom is 0.231 e. The lowest BCUT2D eigenvalue weighted by Gasteiger charge is -2.17. The van der Waals surface area contributed by atoms with E-state index in [0.29, 0.717) is 18.1 Å². The van der Waals surface area contributed by atoms with E-state index in [-0.39, 0.29) is 6.10 Å². The smallest absolute Gasteiger partial charge is 0.231 e. The molecule has 1 aliphatic rings. The number of benzene rings is 1. The molecule has 0 aliphatic heterocycles. The van der Waals surface area contributed by atoms with Gasteiger partial charge >= 0.3 is 0 Å². The Balaban J connectivity index is 1.72. The second kappa shape index (κ2) is 6.08. The molecule has 0 unspecified atom stereocenters. The van der Waals surface area contributed by atoms with E-state index in [2.05, 4.69) is 10.1 Å². The first-order chi connectivity index (χ1) is 10.5. The molecule has 0 spiro atoms. The summed E-state index contributed by atoms with van der Waals surface area (Å²) >= 11 is 0. The Bertz CT molecular complexity index is 630. The highest BCUT2D eigenvalue weighted by Crippen LogP contribution is 2.34. The van der Waals surface area contributed by atoms with E-state index >= 15 is 0 Å². The molecule has 1 fully saturated rings. The average molecular weight is 301 g/mol. The molecule has 2 N–H and O–H groups in total. The molecule has 0 saturated heterocycles. The average Bonchev–Trinajstić information content (AvgIpc) is 3.09. The van der Waals surface area contributed by atoms with Gasteiger partial charge in [0, 0.05) is 0 Å². The summed E-state index contributed by atoms with van der Waals surface area (Å²) in [4.78, 5) is 4.51. The highest BCUT2D eigenvalue weighted by atomic mass is 16.5. The van der Waals surface area contributed by atoms with Crippen LogP contribution in [0.4, 0.5) is 0 Å². The minimum Gasteiger partial charge on any atom is -0.491 e. The Labute approximate surface area is 130 Å². The summed E-state index contributed by atoms with van der Waals surface area (Å²) in [6.07, 6.45) is 4.89. The van der Waals surface area contributed by atoms with Crippen LogP contribution in [-0.2, 0) is 12.0 Å². The first kappa shape index (κ1) is 15.0. The van der Waals surface area contributed by atoms with Crippen molar-refractivity contribution in [1.82, 2.24) is 10.1 Å². The van der Waals surface area contributed by atoms with Gasteiger partial charge in [0.2, 0.25) is 5.89 Å². The number of ether oxygens (including phenoxy) is 1. The van der Waals surface area contributed by atoms with Gasteiger partial charge in [0.15, 0.2) is 5.82 Å². The van der Waals surface area contributed by atoms with Crippen LogP contribution < -0.4 is 10.5 Å². The molecule has 5 nitrogen and oxygen atoms in total. The Morgan fingerprint density at radius 2 is 2.09 bits per heavy atom. The van der Waals surface area contributed by atoms with Crippen molar-refractivity contribution in [3.8, 4) is 5.75 Å². The van der Waals surface area contributed by atoms with E-state index in [0.717, 1.165) is 37.0 Å². The van der Waals surface area contributed by atoms with Crippen LogP contribution in [0, 0.1) is 0 Å². The highest BCUT2D eigenvalue weighted by Gasteiger charge is 2.35. The van der Waals surface area contributed by atoms with E-state index < -0.39 is 5.54 Å². The SMILES string of the molecule is CC(C)Oc1cccc(Cc2nc(C3(N)CCCC3)no2)c1. The van der Waals surface area contributed by atoms with Crippen molar-refractivity contribution < 1.29 is 9.26 Å². The van der Waals surface area contributed by atoms with Gasteiger partial charge in [-0.15, -0.1) is 0 Å². The largest absolute Gasteiger partial charge is 0.491 e. The summed E-state index contributed by atoms with van der Waals surface area (Å²) in [5.41, 5.74) is 7.05. The number of hydrogen-bond acceptors (Lipinski definition) is 5. The van der Waals surface area contributed by atoms with Gasteiger partial charge in [0.1, 0.15) is 5.75 Å². The molecule has 5 heteroatoms. The lowest BCUT2D eigenvalue weighted by atomic mass is 9.99. The Morgan fingerprint density at radius 1 is 1.32 bits per heavy atom. The van der Waals surface area contributed by atoms with Gasteiger partial charge in [0.25, 0.3) is 0 Å². The summed E-state index contributed by atoms with van der Waals surface area (Å²) in [5.74, 6) is 2.11. The minimum absolute atomic E-state index is 0.157. The zero-order chi connectivity index (χ0) is 15.6. The topological polar surface area (TPSA) is 74.2 Å².